The molecule has 0 aromatic heterocycles. The Balaban J connectivity index is 2.52. The van der Waals surface area contributed by atoms with Crippen LogP contribution in [-0.2, 0) is 23.9 Å². The fraction of sp³-hybridized carbons (Fsp3) is 0.571. The first-order chi connectivity index (χ1) is 13.7. The summed E-state index contributed by atoms with van der Waals surface area (Å²) >= 11 is 0. The van der Waals surface area contributed by atoms with Gasteiger partial charge in [0, 0.05) is 19.2 Å². The molecule has 3 amide bonds. The number of ether oxygens (including phenoxy) is 2. The third-order valence-electron chi connectivity index (χ3n) is 4.24. The monoisotopic (exact) mass is 407 g/mol. The predicted octanol–water partition coefficient (Wildman–Crippen LogP) is 1.63. The lowest BCUT2D eigenvalue weighted by atomic mass is 10.0. The van der Waals surface area contributed by atoms with Gasteiger partial charge in [0.25, 0.3) is 0 Å². The smallest absolute Gasteiger partial charge is 0.246 e. The molecule has 162 valence electrons. The van der Waals surface area contributed by atoms with Gasteiger partial charge in [0.2, 0.25) is 17.7 Å². The Morgan fingerprint density at radius 1 is 0.931 bits per heavy atom. The van der Waals surface area contributed by atoms with Gasteiger partial charge in [-0.25, -0.2) is 0 Å². The van der Waals surface area contributed by atoms with Crippen LogP contribution in [0.15, 0.2) is 24.3 Å². The van der Waals surface area contributed by atoms with Crippen molar-refractivity contribution in [3.8, 4) is 0 Å². The minimum Gasteiger partial charge on any atom is -0.382 e. The largest absolute Gasteiger partial charge is 0.382 e. The molecular formula is C21H33N3O5. The van der Waals surface area contributed by atoms with Gasteiger partial charge >= 0.3 is 0 Å². The number of hydrogen-bond donors (Lipinski definition) is 3. The van der Waals surface area contributed by atoms with Crippen LogP contribution in [0.25, 0.3) is 0 Å². The summed E-state index contributed by atoms with van der Waals surface area (Å²) in [6.07, 6.45) is 0.143. The Kier molecular flexibility index (Phi) is 10.9. The maximum absolute atomic E-state index is 12.6. The van der Waals surface area contributed by atoms with Crippen LogP contribution >= 0.6 is 0 Å². The number of methoxy groups -OCH3 is 1. The molecule has 29 heavy (non-hydrogen) atoms. The molecule has 0 aliphatic carbocycles. The van der Waals surface area contributed by atoms with E-state index in [-0.39, 0.29) is 30.8 Å². The number of nitrogens with one attached hydrogen (secondary N) is 3. The number of benzene rings is 1. The first-order valence-corrected chi connectivity index (χ1v) is 9.78. The number of carbonyl (C=O) groups is 3. The summed E-state index contributed by atoms with van der Waals surface area (Å²) in [6, 6.07) is 5.89. The standard InChI is InChI=1S/C21H33N3O5/c1-14(2)19(24-18(25)10-11-29-13-12-28-5)21(27)22-16(4)20(26)23-17-8-6-15(3)7-9-17/h6-9,14,16,19H,10-13H2,1-5H3,(H,22,27)(H,23,26)(H,24,25)/t16-,19-/m0/s1. The number of amides is 3. The van der Waals surface area contributed by atoms with Crippen LogP contribution in [0.2, 0.25) is 0 Å². The second kappa shape index (κ2) is 12.9. The molecule has 3 N–H and O–H groups in total. The maximum Gasteiger partial charge on any atom is 0.246 e. The molecule has 2 atom stereocenters. The first-order valence-electron chi connectivity index (χ1n) is 9.78. The van der Waals surface area contributed by atoms with Gasteiger partial charge < -0.3 is 25.4 Å². The van der Waals surface area contributed by atoms with Crippen molar-refractivity contribution in [3.05, 3.63) is 29.8 Å². The van der Waals surface area contributed by atoms with E-state index in [1.165, 1.54) is 0 Å². The molecule has 0 saturated heterocycles. The van der Waals surface area contributed by atoms with Gasteiger partial charge in [-0.15, -0.1) is 0 Å². The van der Waals surface area contributed by atoms with Gasteiger partial charge in [-0.05, 0) is 31.9 Å². The van der Waals surface area contributed by atoms with Gasteiger partial charge in [-0.1, -0.05) is 31.5 Å². The highest BCUT2D eigenvalue weighted by atomic mass is 16.5. The van der Waals surface area contributed by atoms with Gasteiger partial charge in [0.15, 0.2) is 0 Å². The summed E-state index contributed by atoms with van der Waals surface area (Å²) in [5.41, 5.74) is 1.74. The van der Waals surface area contributed by atoms with Crippen molar-refractivity contribution in [2.45, 2.75) is 46.2 Å². The van der Waals surface area contributed by atoms with Crippen molar-refractivity contribution in [1.29, 1.82) is 0 Å². The minimum atomic E-state index is -0.751. The zero-order valence-corrected chi connectivity index (χ0v) is 17.9. The molecule has 0 fully saturated rings. The molecule has 1 rings (SSSR count). The zero-order chi connectivity index (χ0) is 21.8. The van der Waals surface area contributed by atoms with E-state index in [0.717, 1.165) is 5.56 Å². The van der Waals surface area contributed by atoms with Crippen LogP contribution in [0.5, 0.6) is 0 Å². The molecule has 8 heteroatoms. The van der Waals surface area contributed by atoms with Crippen molar-refractivity contribution in [2.75, 3.05) is 32.2 Å². The van der Waals surface area contributed by atoms with Crippen LogP contribution in [0.1, 0.15) is 32.8 Å². The van der Waals surface area contributed by atoms with E-state index < -0.39 is 18.0 Å². The summed E-state index contributed by atoms with van der Waals surface area (Å²) in [6.45, 7) is 8.34. The van der Waals surface area contributed by atoms with Crippen LogP contribution in [0, 0.1) is 12.8 Å². The van der Waals surface area contributed by atoms with E-state index in [0.29, 0.717) is 18.9 Å². The lowest BCUT2D eigenvalue weighted by molar-refractivity contribution is -0.132. The Bertz CT molecular complexity index is 661. The number of aryl methyl sites for hydroxylation is 1. The predicted molar refractivity (Wildman–Crippen MR) is 111 cm³/mol. The zero-order valence-electron chi connectivity index (χ0n) is 17.9. The SMILES string of the molecule is COCCOCCC(=O)N[C@H](C(=O)N[C@@H](C)C(=O)Nc1ccc(C)cc1)C(C)C. The lowest BCUT2D eigenvalue weighted by Crippen LogP contribution is -2.53. The normalized spacial score (nSPS) is 12.9. The molecule has 0 aliphatic rings. The lowest BCUT2D eigenvalue weighted by Gasteiger charge is -2.24. The van der Waals surface area contributed by atoms with E-state index in [4.69, 9.17) is 9.47 Å². The van der Waals surface area contributed by atoms with Crippen molar-refractivity contribution in [3.63, 3.8) is 0 Å². The number of rotatable bonds is 12. The molecule has 1 aromatic rings. The molecule has 0 spiro atoms. The topological polar surface area (TPSA) is 106 Å². The average molecular weight is 408 g/mol. The molecule has 0 heterocycles. The molecule has 0 saturated carbocycles. The van der Waals surface area contributed by atoms with Crippen molar-refractivity contribution >= 4 is 23.4 Å². The Morgan fingerprint density at radius 3 is 2.17 bits per heavy atom. The summed E-state index contributed by atoms with van der Waals surface area (Å²) in [4.78, 5) is 37.0. The second-order valence-electron chi connectivity index (χ2n) is 7.23. The summed E-state index contributed by atoms with van der Waals surface area (Å²) < 4.78 is 10.1. The Labute approximate surface area is 172 Å². The van der Waals surface area contributed by atoms with Crippen LogP contribution in [0.4, 0.5) is 5.69 Å². The molecule has 0 unspecified atom stereocenters. The molecule has 0 aliphatic heterocycles. The van der Waals surface area contributed by atoms with Gasteiger partial charge in [-0.2, -0.15) is 0 Å². The van der Waals surface area contributed by atoms with Crippen LogP contribution < -0.4 is 16.0 Å². The summed E-state index contributed by atoms with van der Waals surface area (Å²) in [5.74, 6) is -1.16. The van der Waals surface area contributed by atoms with E-state index in [9.17, 15) is 14.4 Å². The van der Waals surface area contributed by atoms with Crippen LogP contribution in [0.3, 0.4) is 0 Å². The second-order valence-corrected chi connectivity index (χ2v) is 7.23. The van der Waals surface area contributed by atoms with Crippen molar-refractivity contribution in [2.24, 2.45) is 5.92 Å². The van der Waals surface area contributed by atoms with E-state index in [1.54, 1.807) is 26.2 Å². The first kappa shape index (κ1) is 24.6. The molecular weight excluding hydrogens is 374 g/mol. The van der Waals surface area contributed by atoms with Gasteiger partial charge in [0.1, 0.15) is 12.1 Å². The number of carbonyl (C=O) groups excluding carboxylic acids is 3. The molecule has 8 nitrogen and oxygen atoms in total. The Morgan fingerprint density at radius 2 is 1.59 bits per heavy atom. The molecule has 0 bridgehead atoms. The fourth-order valence-electron chi connectivity index (χ4n) is 2.45. The van der Waals surface area contributed by atoms with E-state index in [2.05, 4.69) is 16.0 Å². The van der Waals surface area contributed by atoms with Gasteiger partial charge in [0.05, 0.1) is 19.8 Å². The van der Waals surface area contributed by atoms with E-state index >= 15 is 0 Å². The highest BCUT2D eigenvalue weighted by molar-refractivity contribution is 5.98. The maximum atomic E-state index is 12.6. The highest BCUT2D eigenvalue weighted by Gasteiger charge is 2.26. The van der Waals surface area contributed by atoms with E-state index in [1.807, 2.05) is 32.9 Å². The highest BCUT2D eigenvalue weighted by Crippen LogP contribution is 2.09. The fourth-order valence-corrected chi connectivity index (χ4v) is 2.45. The third kappa shape index (κ3) is 9.54. The third-order valence-corrected chi connectivity index (χ3v) is 4.24. The minimum absolute atomic E-state index is 0.138. The quantitative estimate of drug-likeness (QED) is 0.457. The molecule has 1 aromatic carbocycles. The van der Waals surface area contributed by atoms with Crippen molar-refractivity contribution in [1.82, 2.24) is 10.6 Å². The summed E-state index contributed by atoms with van der Waals surface area (Å²) in [7, 11) is 1.57. The molecule has 0 radical (unpaired) electrons. The summed E-state index contributed by atoms with van der Waals surface area (Å²) in [5, 5.41) is 8.14. The number of hydrogen-bond acceptors (Lipinski definition) is 5. The average Bonchev–Trinajstić information content (AvgIpc) is 2.67. The van der Waals surface area contributed by atoms with Crippen LogP contribution in [-0.4, -0.2) is 56.7 Å². The Hall–Kier alpha value is -2.45. The van der Waals surface area contributed by atoms with Crippen molar-refractivity contribution < 1.29 is 23.9 Å². The van der Waals surface area contributed by atoms with Gasteiger partial charge in [-0.3, -0.25) is 14.4 Å². The number of anilines is 1.